The van der Waals surface area contributed by atoms with Crippen LogP contribution in [0.4, 0.5) is 0 Å². The second-order valence-corrected chi connectivity index (χ2v) is 3.97. The van der Waals surface area contributed by atoms with Gasteiger partial charge in [0, 0.05) is 14.1 Å². The van der Waals surface area contributed by atoms with Crippen LogP contribution in [0.1, 0.15) is 18.5 Å². The number of hydrogen-bond donors (Lipinski definition) is 2. The van der Waals surface area contributed by atoms with E-state index in [0.717, 1.165) is 12.0 Å². The highest BCUT2D eigenvalue weighted by atomic mass is 16.2. The summed E-state index contributed by atoms with van der Waals surface area (Å²) in [6.07, 6.45) is 0.750. The number of carbonyl (C=O) groups excluding carboxylic acids is 2. The Morgan fingerprint density at radius 2 is 1.89 bits per heavy atom. The predicted octanol–water partition coefficient (Wildman–Crippen LogP) is 0.527. The summed E-state index contributed by atoms with van der Waals surface area (Å²) in [5.41, 5.74) is 6.27. The second kappa shape index (κ2) is 9.18. The molecule has 1 rings (SSSR count). The molecule has 18 heavy (non-hydrogen) atoms. The maximum Gasteiger partial charge on any atom is 0.234 e. The van der Waals surface area contributed by atoms with E-state index in [1.54, 1.807) is 14.1 Å². The monoisotopic (exact) mass is 251 g/mol. The molecule has 100 valence electrons. The van der Waals surface area contributed by atoms with Gasteiger partial charge in [-0.25, -0.2) is 0 Å². The molecular weight excluding hydrogens is 230 g/mol. The van der Waals surface area contributed by atoms with Crippen LogP contribution in [0, 0.1) is 0 Å². The van der Waals surface area contributed by atoms with Crippen molar-refractivity contribution in [2.45, 2.75) is 13.0 Å². The molecule has 0 saturated heterocycles. The van der Waals surface area contributed by atoms with E-state index in [9.17, 15) is 9.59 Å². The van der Waals surface area contributed by atoms with Gasteiger partial charge in [-0.1, -0.05) is 30.3 Å². The largest absolute Gasteiger partial charge is 0.351 e. The lowest BCUT2D eigenvalue weighted by Gasteiger charge is -2.12. The highest BCUT2D eigenvalue weighted by Crippen LogP contribution is 2.10. The van der Waals surface area contributed by atoms with Crippen molar-refractivity contribution >= 4 is 12.3 Å². The van der Waals surface area contributed by atoms with E-state index in [1.807, 2.05) is 37.3 Å². The number of rotatable bonds is 4. The summed E-state index contributed by atoms with van der Waals surface area (Å²) in [7, 11) is 3.38. The van der Waals surface area contributed by atoms with Gasteiger partial charge in [0.05, 0.1) is 12.6 Å². The first-order valence-corrected chi connectivity index (χ1v) is 5.67. The van der Waals surface area contributed by atoms with Crippen molar-refractivity contribution in [2.75, 3.05) is 20.6 Å². The highest BCUT2D eigenvalue weighted by Gasteiger charge is 2.06. The van der Waals surface area contributed by atoms with Crippen LogP contribution >= 0.6 is 0 Å². The van der Waals surface area contributed by atoms with Crippen molar-refractivity contribution in [3.63, 3.8) is 0 Å². The van der Waals surface area contributed by atoms with E-state index in [-0.39, 0.29) is 18.5 Å². The van der Waals surface area contributed by atoms with Crippen molar-refractivity contribution < 1.29 is 9.59 Å². The molecule has 0 bridgehead atoms. The number of carbonyl (C=O) groups is 2. The highest BCUT2D eigenvalue weighted by molar-refractivity contribution is 5.78. The van der Waals surface area contributed by atoms with Crippen LogP contribution in [-0.4, -0.2) is 37.9 Å². The van der Waals surface area contributed by atoms with Gasteiger partial charge in [0.2, 0.25) is 12.3 Å². The zero-order valence-electron chi connectivity index (χ0n) is 11.1. The summed E-state index contributed by atoms with van der Waals surface area (Å²) in [6, 6.07) is 9.81. The Kier molecular flexibility index (Phi) is 8.22. The zero-order valence-corrected chi connectivity index (χ0v) is 11.1. The van der Waals surface area contributed by atoms with Crippen molar-refractivity contribution in [1.29, 1.82) is 0 Å². The molecule has 0 saturated carbocycles. The number of benzene rings is 1. The van der Waals surface area contributed by atoms with Crippen LogP contribution in [0.5, 0.6) is 0 Å². The van der Waals surface area contributed by atoms with Gasteiger partial charge in [-0.2, -0.15) is 0 Å². The van der Waals surface area contributed by atoms with Crippen LogP contribution in [-0.2, 0) is 9.59 Å². The van der Waals surface area contributed by atoms with Gasteiger partial charge in [0.1, 0.15) is 0 Å². The number of nitrogens with one attached hydrogen (secondary N) is 1. The first-order chi connectivity index (χ1) is 8.51. The minimum atomic E-state index is -0.128. The molecule has 1 aromatic carbocycles. The summed E-state index contributed by atoms with van der Waals surface area (Å²) in [5.74, 6) is -0.128. The fourth-order valence-electron chi connectivity index (χ4n) is 1.13. The molecule has 0 aliphatic rings. The molecule has 5 heteroatoms. The predicted molar refractivity (Wildman–Crippen MR) is 71.8 cm³/mol. The van der Waals surface area contributed by atoms with Gasteiger partial charge >= 0.3 is 0 Å². The molecule has 3 N–H and O–H groups in total. The molecule has 0 aliphatic heterocycles. The van der Waals surface area contributed by atoms with Gasteiger partial charge in [-0.3, -0.25) is 9.59 Å². The average molecular weight is 251 g/mol. The van der Waals surface area contributed by atoms with Crippen LogP contribution in [0.15, 0.2) is 30.3 Å². The van der Waals surface area contributed by atoms with E-state index in [1.165, 1.54) is 4.90 Å². The van der Waals surface area contributed by atoms with Gasteiger partial charge in [-0.15, -0.1) is 0 Å². The molecule has 1 atom stereocenters. The lowest BCUT2D eigenvalue weighted by molar-refractivity contribution is -0.120. The number of nitrogens with zero attached hydrogens (tertiary/aromatic N) is 1. The molecular formula is C13H21N3O2. The molecule has 0 aromatic heterocycles. The van der Waals surface area contributed by atoms with Gasteiger partial charge < -0.3 is 16.0 Å². The molecule has 2 amide bonds. The third-order valence-electron chi connectivity index (χ3n) is 2.07. The molecule has 0 radical (unpaired) electrons. The molecule has 0 unspecified atom stereocenters. The van der Waals surface area contributed by atoms with E-state index in [4.69, 9.17) is 5.73 Å². The maximum atomic E-state index is 11.0. The molecule has 1 aromatic rings. The van der Waals surface area contributed by atoms with Gasteiger partial charge in [0.15, 0.2) is 0 Å². The number of hydrogen-bond acceptors (Lipinski definition) is 3. The second-order valence-electron chi connectivity index (χ2n) is 3.97. The summed E-state index contributed by atoms with van der Waals surface area (Å²) >= 11 is 0. The van der Waals surface area contributed by atoms with Crippen LogP contribution in [0.3, 0.4) is 0 Å². The van der Waals surface area contributed by atoms with Crippen molar-refractivity contribution in [1.82, 2.24) is 10.2 Å². The van der Waals surface area contributed by atoms with Crippen molar-refractivity contribution in [3.8, 4) is 0 Å². The maximum absolute atomic E-state index is 11.0. The van der Waals surface area contributed by atoms with Crippen LogP contribution in [0.2, 0.25) is 0 Å². The fraction of sp³-hybridized carbons (Fsp3) is 0.385. The lowest BCUT2D eigenvalue weighted by Crippen LogP contribution is -2.32. The number of nitrogens with two attached hydrogens (primary N) is 1. The normalized spacial score (nSPS) is 10.7. The topological polar surface area (TPSA) is 75.4 Å². The van der Waals surface area contributed by atoms with Crippen molar-refractivity contribution in [3.05, 3.63) is 35.9 Å². The SMILES string of the molecule is CN(C)C=O.C[C@@H](NC(=O)CN)c1ccccc1. The van der Waals surface area contributed by atoms with Gasteiger partial charge in [0.25, 0.3) is 0 Å². The summed E-state index contributed by atoms with van der Waals surface area (Å²) in [4.78, 5) is 21.8. The Labute approximate surface area is 108 Å². The minimum absolute atomic E-state index is 0.0252. The Morgan fingerprint density at radius 1 is 1.39 bits per heavy atom. The van der Waals surface area contributed by atoms with Gasteiger partial charge in [-0.05, 0) is 12.5 Å². The Balaban J connectivity index is 0.000000494. The lowest BCUT2D eigenvalue weighted by atomic mass is 10.1. The summed E-state index contributed by atoms with van der Waals surface area (Å²) in [6.45, 7) is 1.97. The fourth-order valence-corrected chi connectivity index (χ4v) is 1.13. The molecule has 0 aliphatic carbocycles. The van der Waals surface area contributed by atoms with E-state index < -0.39 is 0 Å². The Bertz CT molecular complexity index is 353. The van der Waals surface area contributed by atoms with E-state index in [2.05, 4.69) is 5.32 Å². The quantitative estimate of drug-likeness (QED) is 0.766. The summed E-state index contributed by atoms with van der Waals surface area (Å²) < 4.78 is 0. The zero-order chi connectivity index (χ0) is 14.0. The van der Waals surface area contributed by atoms with E-state index in [0.29, 0.717) is 0 Å². The standard InChI is InChI=1S/C10H14N2O.C3H7NO/c1-8(12-10(13)7-11)9-5-3-2-4-6-9;1-4(2)3-5/h2-6,8H,7,11H2,1H3,(H,12,13);3H,1-2H3/t8-;/m1./s1. The number of amides is 2. The molecule has 0 heterocycles. The third kappa shape index (κ3) is 7.40. The Hall–Kier alpha value is -1.88. The Morgan fingerprint density at radius 3 is 2.28 bits per heavy atom. The average Bonchev–Trinajstić information content (AvgIpc) is 2.40. The molecule has 0 spiro atoms. The van der Waals surface area contributed by atoms with Crippen LogP contribution < -0.4 is 11.1 Å². The van der Waals surface area contributed by atoms with Crippen molar-refractivity contribution in [2.24, 2.45) is 5.73 Å². The molecule has 5 nitrogen and oxygen atoms in total. The smallest absolute Gasteiger partial charge is 0.234 e. The van der Waals surface area contributed by atoms with E-state index >= 15 is 0 Å². The summed E-state index contributed by atoms with van der Waals surface area (Å²) in [5, 5.41) is 2.78. The molecule has 0 fully saturated rings. The third-order valence-corrected chi connectivity index (χ3v) is 2.07. The first kappa shape index (κ1) is 16.1. The van der Waals surface area contributed by atoms with Crippen LogP contribution in [0.25, 0.3) is 0 Å². The first-order valence-electron chi connectivity index (χ1n) is 5.67. The minimum Gasteiger partial charge on any atom is -0.351 e.